The Hall–Kier alpha value is 0.230. The highest BCUT2D eigenvalue weighted by Crippen LogP contribution is 2.05. The third kappa shape index (κ3) is 5.20. The van der Waals surface area contributed by atoms with E-state index >= 15 is 0 Å². The first-order chi connectivity index (χ1) is 6.83. The molecule has 1 rings (SSSR count). The van der Waals surface area contributed by atoms with Gasteiger partial charge in [0.25, 0.3) is 0 Å². The van der Waals surface area contributed by atoms with E-state index in [1.807, 2.05) is 11.8 Å². The van der Waals surface area contributed by atoms with Gasteiger partial charge in [-0.1, -0.05) is 6.92 Å². The van der Waals surface area contributed by atoms with Crippen molar-refractivity contribution in [2.75, 3.05) is 44.2 Å². The van der Waals surface area contributed by atoms with Crippen LogP contribution in [-0.2, 0) is 0 Å². The Balaban J connectivity index is 1.92. The molecule has 1 saturated heterocycles. The third-order valence-electron chi connectivity index (χ3n) is 2.62. The molecular formula is C10H23N3S. The number of rotatable bonds is 6. The minimum absolute atomic E-state index is 0.392. The summed E-state index contributed by atoms with van der Waals surface area (Å²) in [5, 5.41) is 3.36. The summed E-state index contributed by atoms with van der Waals surface area (Å²) in [6.45, 7) is 8.10. The lowest BCUT2D eigenvalue weighted by molar-refractivity contribution is 0.255. The van der Waals surface area contributed by atoms with E-state index in [-0.39, 0.29) is 0 Å². The van der Waals surface area contributed by atoms with E-state index in [1.165, 1.54) is 25.4 Å². The molecule has 14 heavy (non-hydrogen) atoms. The maximum absolute atomic E-state index is 5.85. The Labute approximate surface area is 91.8 Å². The number of piperazine rings is 1. The number of nitrogens with two attached hydrogens (primary N) is 1. The maximum atomic E-state index is 5.85. The Bertz CT molecular complexity index is 137. The summed E-state index contributed by atoms with van der Waals surface area (Å²) >= 11 is 1.99. The highest BCUT2D eigenvalue weighted by atomic mass is 32.2. The van der Waals surface area contributed by atoms with Crippen molar-refractivity contribution in [3.8, 4) is 0 Å². The standard InChI is InChI=1S/C10H23N3S/c1-2-10(11)9-14-8-7-13-5-3-12-4-6-13/h10,12H,2-9,11H2,1H3. The molecule has 1 aliphatic heterocycles. The summed E-state index contributed by atoms with van der Waals surface area (Å²) in [7, 11) is 0. The molecule has 4 heteroatoms. The predicted molar refractivity (Wildman–Crippen MR) is 64.9 cm³/mol. The van der Waals surface area contributed by atoms with E-state index in [9.17, 15) is 0 Å². The van der Waals surface area contributed by atoms with Crippen LogP contribution in [0.3, 0.4) is 0 Å². The van der Waals surface area contributed by atoms with E-state index in [2.05, 4.69) is 17.1 Å². The summed E-state index contributed by atoms with van der Waals surface area (Å²) in [4.78, 5) is 2.53. The minimum Gasteiger partial charge on any atom is -0.327 e. The summed E-state index contributed by atoms with van der Waals surface area (Å²) < 4.78 is 0. The smallest absolute Gasteiger partial charge is 0.0127 e. The van der Waals surface area contributed by atoms with Gasteiger partial charge in [0.15, 0.2) is 0 Å². The van der Waals surface area contributed by atoms with Crippen LogP contribution in [0.25, 0.3) is 0 Å². The molecule has 0 bridgehead atoms. The minimum atomic E-state index is 0.392. The fraction of sp³-hybridized carbons (Fsp3) is 1.00. The zero-order valence-electron chi connectivity index (χ0n) is 9.17. The van der Waals surface area contributed by atoms with Crippen LogP contribution < -0.4 is 11.1 Å². The van der Waals surface area contributed by atoms with Gasteiger partial charge in [-0.2, -0.15) is 11.8 Å². The normalized spacial score (nSPS) is 21.0. The van der Waals surface area contributed by atoms with Crippen LogP contribution in [-0.4, -0.2) is 55.2 Å². The van der Waals surface area contributed by atoms with Gasteiger partial charge in [0.2, 0.25) is 0 Å². The lowest BCUT2D eigenvalue weighted by atomic mass is 10.3. The monoisotopic (exact) mass is 217 g/mol. The van der Waals surface area contributed by atoms with Gasteiger partial charge in [0, 0.05) is 50.3 Å². The van der Waals surface area contributed by atoms with Gasteiger partial charge < -0.3 is 11.1 Å². The second kappa shape index (κ2) is 7.51. The molecule has 0 saturated carbocycles. The fourth-order valence-corrected chi connectivity index (χ4v) is 2.57. The van der Waals surface area contributed by atoms with Crippen LogP contribution in [0.1, 0.15) is 13.3 Å². The summed E-state index contributed by atoms with van der Waals surface area (Å²) in [6, 6.07) is 0.392. The molecular weight excluding hydrogens is 194 g/mol. The second-order valence-corrected chi connectivity index (χ2v) is 4.98. The zero-order valence-corrected chi connectivity index (χ0v) is 9.98. The predicted octanol–water partition coefficient (Wildman–Crippen LogP) is 0.362. The van der Waals surface area contributed by atoms with Gasteiger partial charge in [-0.3, -0.25) is 4.90 Å². The van der Waals surface area contributed by atoms with Crippen molar-refractivity contribution in [3.63, 3.8) is 0 Å². The van der Waals surface area contributed by atoms with Crippen molar-refractivity contribution in [1.29, 1.82) is 0 Å². The molecule has 1 heterocycles. The first-order valence-corrected chi connectivity index (χ1v) is 6.74. The first kappa shape index (κ1) is 12.3. The highest BCUT2D eigenvalue weighted by molar-refractivity contribution is 7.99. The summed E-state index contributed by atoms with van der Waals surface area (Å²) in [5.74, 6) is 2.34. The van der Waals surface area contributed by atoms with Crippen LogP contribution in [0, 0.1) is 0 Å². The zero-order chi connectivity index (χ0) is 10.2. The highest BCUT2D eigenvalue weighted by Gasteiger charge is 2.08. The molecule has 0 amide bonds. The largest absolute Gasteiger partial charge is 0.327 e. The van der Waals surface area contributed by atoms with E-state index in [0.717, 1.165) is 25.3 Å². The van der Waals surface area contributed by atoms with Crippen LogP contribution in [0.5, 0.6) is 0 Å². The average molecular weight is 217 g/mol. The Kier molecular flexibility index (Phi) is 6.60. The van der Waals surface area contributed by atoms with Crippen molar-refractivity contribution in [3.05, 3.63) is 0 Å². The molecule has 0 aromatic carbocycles. The van der Waals surface area contributed by atoms with Crippen LogP contribution in [0.15, 0.2) is 0 Å². The molecule has 0 aromatic rings. The number of nitrogens with one attached hydrogen (secondary N) is 1. The molecule has 0 radical (unpaired) electrons. The van der Waals surface area contributed by atoms with Crippen molar-refractivity contribution >= 4 is 11.8 Å². The molecule has 3 nitrogen and oxygen atoms in total. The van der Waals surface area contributed by atoms with Gasteiger partial charge in [-0.05, 0) is 6.42 Å². The van der Waals surface area contributed by atoms with Gasteiger partial charge in [0.05, 0.1) is 0 Å². The number of thioether (sulfide) groups is 1. The fourth-order valence-electron chi connectivity index (χ4n) is 1.48. The number of hydrogen-bond acceptors (Lipinski definition) is 4. The van der Waals surface area contributed by atoms with Crippen molar-refractivity contribution in [1.82, 2.24) is 10.2 Å². The second-order valence-electron chi connectivity index (χ2n) is 3.83. The number of hydrogen-bond donors (Lipinski definition) is 2. The van der Waals surface area contributed by atoms with Gasteiger partial charge in [-0.25, -0.2) is 0 Å². The molecule has 3 N–H and O–H groups in total. The SMILES string of the molecule is CCC(N)CSCCN1CCNCC1. The van der Waals surface area contributed by atoms with Gasteiger partial charge in [-0.15, -0.1) is 0 Å². The van der Waals surface area contributed by atoms with Crippen molar-refractivity contribution < 1.29 is 0 Å². The van der Waals surface area contributed by atoms with Crippen molar-refractivity contribution in [2.24, 2.45) is 5.73 Å². The lowest BCUT2D eigenvalue weighted by Gasteiger charge is -2.27. The molecule has 1 unspecified atom stereocenters. The van der Waals surface area contributed by atoms with Crippen LogP contribution >= 0.6 is 11.8 Å². The van der Waals surface area contributed by atoms with Crippen molar-refractivity contribution in [2.45, 2.75) is 19.4 Å². The maximum Gasteiger partial charge on any atom is 0.0127 e. The quantitative estimate of drug-likeness (QED) is 0.631. The molecule has 1 atom stereocenters. The Morgan fingerprint density at radius 3 is 2.79 bits per heavy atom. The average Bonchev–Trinajstić information content (AvgIpc) is 2.25. The van der Waals surface area contributed by atoms with E-state index in [0.29, 0.717) is 6.04 Å². The number of nitrogens with zero attached hydrogens (tertiary/aromatic N) is 1. The first-order valence-electron chi connectivity index (χ1n) is 5.59. The van der Waals surface area contributed by atoms with Crippen LogP contribution in [0.2, 0.25) is 0 Å². The molecule has 0 spiro atoms. The molecule has 84 valence electrons. The lowest BCUT2D eigenvalue weighted by Crippen LogP contribution is -2.44. The Morgan fingerprint density at radius 2 is 2.14 bits per heavy atom. The molecule has 1 fully saturated rings. The van der Waals surface area contributed by atoms with E-state index in [1.54, 1.807) is 0 Å². The molecule has 1 aliphatic rings. The third-order valence-corrected chi connectivity index (χ3v) is 3.75. The topological polar surface area (TPSA) is 41.3 Å². The summed E-state index contributed by atoms with van der Waals surface area (Å²) in [5.41, 5.74) is 5.85. The van der Waals surface area contributed by atoms with Crippen LogP contribution in [0.4, 0.5) is 0 Å². The summed E-state index contributed by atoms with van der Waals surface area (Å²) in [6.07, 6.45) is 1.10. The molecule has 0 aliphatic carbocycles. The van der Waals surface area contributed by atoms with Gasteiger partial charge >= 0.3 is 0 Å². The van der Waals surface area contributed by atoms with E-state index in [4.69, 9.17) is 5.73 Å². The van der Waals surface area contributed by atoms with Gasteiger partial charge in [0.1, 0.15) is 0 Å². The molecule has 0 aromatic heterocycles. The Morgan fingerprint density at radius 1 is 1.43 bits per heavy atom. The van der Waals surface area contributed by atoms with E-state index < -0.39 is 0 Å².